The van der Waals surface area contributed by atoms with Gasteiger partial charge in [0.1, 0.15) is 5.58 Å². The predicted octanol–water partition coefficient (Wildman–Crippen LogP) is 3.61. The molecular weight excluding hydrogens is 454 g/mol. The van der Waals surface area contributed by atoms with Crippen molar-refractivity contribution in [2.45, 2.75) is 13.8 Å². The van der Waals surface area contributed by atoms with E-state index in [1.165, 1.54) is 6.07 Å². The molecule has 0 saturated heterocycles. The number of nitrogens with zero attached hydrogens (tertiary/aromatic N) is 1. The first-order valence-corrected chi connectivity index (χ1v) is 9.80. The summed E-state index contributed by atoms with van der Waals surface area (Å²) in [6.45, 7) is 3.53. The Morgan fingerprint density at radius 3 is 2.67 bits per heavy atom. The van der Waals surface area contributed by atoms with Crippen LogP contribution in [-0.4, -0.2) is 25.0 Å². The average molecular weight is 472 g/mol. The summed E-state index contributed by atoms with van der Waals surface area (Å²) in [6, 6.07) is 12.4. The third kappa shape index (κ3) is 4.55. The van der Waals surface area contributed by atoms with E-state index in [0.717, 1.165) is 5.39 Å². The summed E-state index contributed by atoms with van der Waals surface area (Å²) in [4.78, 5) is 24.5. The number of benzene rings is 2. The number of halogens is 1. The van der Waals surface area contributed by atoms with Gasteiger partial charge in [-0.2, -0.15) is 5.26 Å². The minimum Gasteiger partial charge on any atom is -0.490 e. The van der Waals surface area contributed by atoms with Crippen molar-refractivity contribution < 1.29 is 23.5 Å². The highest BCUT2D eigenvalue weighted by atomic mass is 79.9. The molecule has 0 spiro atoms. The minimum atomic E-state index is -0.587. The van der Waals surface area contributed by atoms with Crippen molar-refractivity contribution in [1.29, 1.82) is 5.26 Å². The summed E-state index contributed by atoms with van der Waals surface area (Å²) in [5.41, 5.74) is 6.24. The van der Waals surface area contributed by atoms with E-state index in [4.69, 9.17) is 19.2 Å². The van der Waals surface area contributed by atoms with E-state index < -0.39 is 11.8 Å². The largest absolute Gasteiger partial charge is 0.490 e. The molecule has 154 valence electrons. The molecule has 8 nitrogen and oxygen atoms in total. The van der Waals surface area contributed by atoms with Crippen LogP contribution in [0.15, 0.2) is 45.3 Å². The van der Waals surface area contributed by atoms with E-state index in [1.807, 2.05) is 24.3 Å². The zero-order valence-electron chi connectivity index (χ0n) is 16.2. The van der Waals surface area contributed by atoms with E-state index in [1.54, 1.807) is 26.0 Å². The van der Waals surface area contributed by atoms with Crippen molar-refractivity contribution in [1.82, 2.24) is 10.9 Å². The first kappa shape index (κ1) is 21.2. The van der Waals surface area contributed by atoms with E-state index >= 15 is 0 Å². The van der Waals surface area contributed by atoms with Crippen LogP contribution >= 0.6 is 15.9 Å². The van der Waals surface area contributed by atoms with Crippen LogP contribution in [0, 0.1) is 18.3 Å². The molecule has 3 rings (SSSR count). The van der Waals surface area contributed by atoms with Gasteiger partial charge in [-0.25, -0.2) is 0 Å². The fourth-order valence-corrected chi connectivity index (χ4v) is 3.34. The number of para-hydroxylation sites is 1. The zero-order valence-corrected chi connectivity index (χ0v) is 17.8. The number of aryl methyl sites for hydroxylation is 1. The van der Waals surface area contributed by atoms with Gasteiger partial charge in [0, 0.05) is 17.0 Å². The average Bonchev–Trinajstić information content (AvgIpc) is 3.08. The van der Waals surface area contributed by atoms with Crippen molar-refractivity contribution in [3.8, 4) is 17.6 Å². The Kier molecular flexibility index (Phi) is 6.59. The lowest BCUT2D eigenvalue weighted by atomic mass is 10.1. The topological polar surface area (TPSA) is 114 Å². The number of nitriles is 1. The van der Waals surface area contributed by atoms with Gasteiger partial charge in [-0.05, 0) is 41.9 Å². The molecule has 0 unspecified atom stereocenters. The maximum absolute atomic E-state index is 12.4. The molecule has 0 radical (unpaired) electrons. The molecule has 30 heavy (non-hydrogen) atoms. The molecule has 0 atom stereocenters. The highest BCUT2D eigenvalue weighted by Crippen LogP contribution is 2.36. The van der Waals surface area contributed by atoms with Crippen molar-refractivity contribution in [3.63, 3.8) is 0 Å². The Balaban J connectivity index is 1.62. The zero-order chi connectivity index (χ0) is 21.7. The number of hydrogen-bond acceptors (Lipinski definition) is 6. The highest BCUT2D eigenvalue weighted by molar-refractivity contribution is 9.10. The normalized spacial score (nSPS) is 10.3. The first-order valence-electron chi connectivity index (χ1n) is 9.01. The second-order valence-corrected chi connectivity index (χ2v) is 7.03. The number of furan rings is 1. The summed E-state index contributed by atoms with van der Waals surface area (Å²) < 4.78 is 17.0. The van der Waals surface area contributed by atoms with Crippen LogP contribution in [0.1, 0.15) is 28.6 Å². The van der Waals surface area contributed by atoms with Crippen LogP contribution in [-0.2, 0) is 4.79 Å². The Morgan fingerprint density at radius 1 is 1.20 bits per heavy atom. The lowest BCUT2D eigenvalue weighted by molar-refractivity contribution is -0.123. The van der Waals surface area contributed by atoms with E-state index in [-0.39, 0.29) is 18.1 Å². The summed E-state index contributed by atoms with van der Waals surface area (Å²) >= 11 is 3.31. The summed E-state index contributed by atoms with van der Waals surface area (Å²) in [5, 5.41) is 9.89. The number of hydrazine groups is 1. The Bertz CT molecular complexity index is 1150. The molecule has 2 aromatic carbocycles. The lowest BCUT2D eigenvalue weighted by Crippen LogP contribution is -2.43. The Hall–Kier alpha value is -3.51. The van der Waals surface area contributed by atoms with Crippen molar-refractivity contribution in [2.75, 3.05) is 13.2 Å². The third-order valence-corrected chi connectivity index (χ3v) is 4.74. The SMILES string of the molecule is CCOc1cc(C#N)cc(Br)c1OCC(=O)NNC(=O)c1oc2ccccc2c1C. The fourth-order valence-electron chi connectivity index (χ4n) is 2.78. The molecule has 0 fully saturated rings. The van der Waals surface area contributed by atoms with Gasteiger partial charge in [0.05, 0.1) is 22.7 Å². The minimum absolute atomic E-state index is 0.117. The van der Waals surface area contributed by atoms with Gasteiger partial charge in [0.15, 0.2) is 23.9 Å². The van der Waals surface area contributed by atoms with Crippen LogP contribution in [0.25, 0.3) is 11.0 Å². The Morgan fingerprint density at radius 2 is 1.97 bits per heavy atom. The molecule has 2 N–H and O–H groups in total. The molecule has 0 aliphatic rings. The third-order valence-electron chi connectivity index (χ3n) is 4.15. The number of fused-ring (bicyclic) bond motifs is 1. The molecule has 0 bridgehead atoms. The number of carbonyl (C=O) groups excluding carboxylic acids is 2. The lowest BCUT2D eigenvalue weighted by Gasteiger charge is -2.14. The monoisotopic (exact) mass is 471 g/mol. The van der Waals surface area contributed by atoms with Gasteiger partial charge in [-0.3, -0.25) is 20.4 Å². The van der Waals surface area contributed by atoms with Gasteiger partial charge in [0.2, 0.25) is 0 Å². The van der Waals surface area contributed by atoms with E-state index in [9.17, 15) is 9.59 Å². The van der Waals surface area contributed by atoms with E-state index in [2.05, 4.69) is 26.8 Å². The highest BCUT2D eigenvalue weighted by Gasteiger charge is 2.18. The van der Waals surface area contributed by atoms with Gasteiger partial charge < -0.3 is 13.9 Å². The number of hydrogen-bond donors (Lipinski definition) is 2. The quantitative estimate of drug-likeness (QED) is 0.530. The van der Waals surface area contributed by atoms with Gasteiger partial charge in [-0.15, -0.1) is 0 Å². The molecule has 0 aliphatic carbocycles. The van der Waals surface area contributed by atoms with Crippen LogP contribution in [0.4, 0.5) is 0 Å². The second-order valence-electron chi connectivity index (χ2n) is 6.17. The second kappa shape index (κ2) is 9.33. The number of amides is 2. The number of nitrogens with one attached hydrogen (secondary N) is 2. The van der Waals surface area contributed by atoms with Crippen LogP contribution in [0.5, 0.6) is 11.5 Å². The van der Waals surface area contributed by atoms with Crippen LogP contribution in [0.2, 0.25) is 0 Å². The molecule has 3 aromatic rings. The molecule has 0 aliphatic heterocycles. The molecule has 9 heteroatoms. The maximum Gasteiger partial charge on any atom is 0.305 e. The van der Waals surface area contributed by atoms with Gasteiger partial charge >= 0.3 is 5.91 Å². The number of ether oxygens (including phenoxy) is 2. The fraction of sp³-hybridized carbons (Fsp3) is 0.190. The summed E-state index contributed by atoms with van der Waals surface area (Å²) in [6.07, 6.45) is 0. The van der Waals surface area contributed by atoms with Crippen molar-refractivity contribution >= 4 is 38.7 Å². The molecule has 1 heterocycles. The van der Waals surface area contributed by atoms with Gasteiger partial charge in [-0.1, -0.05) is 18.2 Å². The smallest absolute Gasteiger partial charge is 0.305 e. The maximum atomic E-state index is 12.4. The number of rotatable bonds is 6. The van der Waals surface area contributed by atoms with Crippen LogP contribution < -0.4 is 20.3 Å². The van der Waals surface area contributed by atoms with Crippen molar-refractivity contribution in [2.24, 2.45) is 0 Å². The Labute approximate surface area is 180 Å². The molecule has 0 saturated carbocycles. The molecule has 1 aromatic heterocycles. The first-order chi connectivity index (χ1) is 14.4. The molecule has 2 amide bonds. The summed E-state index contributed by atoms with van der Waals surface area (Å²) in [5.74, 6) is -0.433. The summed E-state index contributed by atoms with van der Waals surface area (Å²) in [7, 11) is 0. The predicted molar refractivity (Wildman–Crippen MR) is 112 cm³/mol. The van der Waals surface area contributed by atoms with Gasteiger partial charge in [0.25, 0.3) is 5.91 Å². The standard InChI is InChI=1S/C21H18BrN3O5/c1-3-28-17-9-13(10-23)8-15(22)20(17)29-11-18(26)24-25-21(27)19-12(2)14-6-4-5-7-16(14)30-19/h4-9H,3,11H2,1-2H3,(H,24,26)(H,25,27). The number of carbonyl (C=O) groups is 2. The van der Waals surface area contributed by atoms with Crippen molar-refractivity contribution in [3.05, 3.63) is 57.8 Å². The van der Waals surface area contributed by atoms with Crippen LogP contribution in [0.3, 0.4) is 0 Å². The van der Waals surface area contributed by atoms with E-state index in [0.29, 0.717) is 33.5 Å². The molecular formula is C21H18BrN3O5.